The van der Waals surface area contributed by atoms with Gasteiger partial charge in [0.05, 0.1) is 6.21 Å². The van der Waals surface area contributed by atoms with Crippen molar-refractivity contribution in [3.63, 3.8) is 0 Å². The lowest BCUT2D eigenvalue weighted by molar-refractivity contribution is -0.136. The molecule has 0 heterocycles. The van der Waals surface area contributed by atoms with Crippen LogP contribution in [-0.4, -0.2) is 18.0 Å². The van der Waals surface area contributed by atoms with E-state index in [9.17, 15) is 14.0 Å². The largest absolute Gasteiger partial charge is 0.489 e. The summed E-state index contributed by atoms with van der Waals surface area (Å²) >= 11 is 0. The average Bonchev–Trinajstić information content (AvgIpc) is 2.73. The van der Waals surface area contributed by atoms with Gasteiger partial charge in [-0.15, -0.1) is 0 Å². The first-order valence-corrected chi connectivity index (χ1v) is 9.59. The van der Waals surface area contributed by atoms with Crippen molar-refractivity contribution < 1.29 is 18.7 Å². The molecule has 3 aromatic carbocycles. The van der Waals surface area contributed by atoms with Crippen LogP contribution in [0.4, 0.5) is 10.1 Å². The molecule has 2 N–H and O–H groups in total. The normalized spacial score (nSPS) is 10.7. The summed E-state index contributed by atoms with van der Waals surface area (Å²) in [6.45, 7) is 4.14. The molecule has 31 heavy (non-hydrogen) atoms. The average molecular weight is 419 g/mol. The Morgan fingerprint density at radius 1 is 0.935 bits per heavy atom. The van der Waals surface area contributed by atoms with Crippen molar-refractivity contribution >= 4 is 23.7 Å². The van der Waals surface area contributed by atoms with Crippen LogP contribution < -0.4 is 15.5 Å². The number of nitrogens with zero attached hydrogens (tertiary/aromatic N) is 1. The number of hydrogen-bond acceptors (Lipinski definition) is 4. The van der Waals surface area contributed by atoms with Crippen molar-refractivity contribution in [1.29, 1.82) is 0 Å². The topological polar surface area (TPSA) is 79.8 Å². The van der Waals surface area contributed by atoms with Gasteiger partial charge in [-0.05, 0) is 84.6 Å². The van der Waals surface area contributed by atoms with Crippen LogP contribution in [0.2, 0.25) is 0 Å². The summed E-state index contributed by atoms with van der Waals surface area (Å²) in [6, 6.07) is 18.6. The molecule has 0 aliphatic heterocycles. The number of nitrogens with one attached hydrogen (secondary N) is 2. The van der Waals surface area contributed by atoms with Crippen LogP contribution in [0.3, 0.4) is 0 Å². The highest BCUT2D eigenvalue weighted by Gasteiger charge is 2.13. The quantitative estimate of drug-likeness (QED) is 0.359. The molecule has 7 heteroatoms. The molecule has 0 spiro atoms. The maximum absolute atomic E-state index is 12.9. The van der Waals surface area contributed by atoms with Gasteiger partial charge in [0.1, 0.15) is 18.2 Å². The molecular weight excluding hydrogens is 397 g/mol. The van der Waals surface area contributed by atoms with E-state index >= 15 is 0 Å². The van der Waals surface area contributed by atoms with Crippen molar-refractivity contribution in [2.75, 3.05) is 5.32 Å². The van der Waals surface area contributed by atoms with Gasteiger partial charge >= 0.3 is 11.8 Å². The first-order chi connectivity index (χ1) is 14.9. The monoisotopic (exact) mass is 419 g/mol. The lowest BCUT2D eigenvalue weighted by Crippen LogP contribution is -2.32. The van der Waals surface area contributed by atoms with E-state index in [1.54, 1.807) is 48.5 Å². The zero-order valence-corrected chi connectivity index (χ0v) is 17.2. The summed E-state index contributed by atoms with van der Waals surface area (Å²) < 4.78 is 18.6. The molecule has 158 valence electrons. The van der Waals surface area contributed by atoms with Crippen molar-refractivity contribution in [3.05, 3.63) is 94.8 Å². The molecule has 0 fully saturated rings. The minimum atomic E-state index is -0.866. The van der Waals surface area contributed by atoms with Crippen LogP contribution >= 0.6 is 0 Å². The highest BCUT2D eigenvalue weighted by Crippen LogP contribution is 2.15. The molecule has 0 aliphatic carbocycles. The van der Waals surface area contributed by atoms with Crippen LogP contribution in [0.15, 0.2) is 71.8 Å². The summed E-state index contributed by atoms with van der Waals surface area (Å²) in [7, 11) is 0. The minimum absolute atomic E-state index is 0.290. The lowest BCUT2D eigenvalue weighted by Gasteiger charge is -2.07. The fraction of sp³-hybridized carbons (Fsp3) is 0.125. The first kappa shape index (κ1) is 21.7. The number of aryl methyl sites for hydroxylation is 2. The number of rotatable bonds is 6. The third kappa shape index (κ3) is 6.78. The van der Waals surface area contributed by atoms with Gasteiger partial charge in [0.2, 0.25) is 0 Å². The van der Waals surface area contributed by atoms with Crippen molar-refractivity contribution in [3.8, 4) is 5.75 Å². The van der Waals surface area contributed by atoms with Crippen LogP contribution in [0, 0.1) is 19.7 Å². The molecule has 3 aromatic rings. The van der Waals surface area contributed by atoms with Crippen LogP contribution in [0.1, 0.15) is 22.3 Å². The zero-order valence-electron chi connectivity index (χ0n) is 17.2. The molecule has 0 aliphatic rings. The minimum Gasteiger partial charge on any atom is -0.489 e. The fourth-order valence-electron chi connectivity index (χ4n) is 2.85. The lowest BCUT2D eigenvalue weighted by atomic mass is 10.1. The number of hydrazone groups is 1. The highest BCUT2D eigenvalue weighted by molar-refractivity contribution is 6.39. The van der Waals surface area contributed by atoms with E-state index in [-0.39, 0.29) is 5.82 Å². The van der Waals surface area contributed by atoms with E-state index in [2.05, 4.69) is 15.8 Å². The van der Waals surface area contributed by atoms with Crippen LogP contribution in [0.5, 0.6) is 5.75 Å². The third-order valence-corrected chi connectivity index (χ3v) is 4.26. The molecule has 0 saturated heterocycles. The maximum atomic E-state index is 12.9. The van der Waals surface area contributed by atoms with Gasteiger partial charge in [0.15, 0.2) is 0 Å². The SMILES string of the molecule is Cc1cc(C)cc(NC(=O)C(=O)N/N=C/c2ccc(OCc3ccc(F)cc3)cc2)c1. The van der Waals surface area contributed by atoms with Gasteiger partial charge in [-0.25, -0.2) is 9.82 Å². The van der Waals surface area contributed by atoms with Crippen molar-refractivity contribution in [2.24, 2.45) is 5.10 Å². The molecule has 6 nitrogen and oxygen atoms in total. The standard InChI is InChI=1S/C24H22FN3O3/c1-16-11-17(2)13-21(12-16)27-23(29)24(30)28-26-14-18-5-9-22(10-6-18)31-15-19-3-7-20(25)8-4-19/h3-14H,15H2,1-2H3,(H,27,29)(H,28,30)/b26-14+. The fourth-order valence-corrected chi connectivity index (χ4v) is 2.85. The van der Waals surface area contributed by atoms with Crippen LogP contribution in [-0.2, 0) is 16.2 Å². The smallest absolute Gasteiger partial charge is 0.329 e. The van der Waals surface area contributed by atoms with Crippen LogP contribution in [0.25, 0.3) is 0 Å². The highest BCUT2D eigenvalue weighted by atomic mass is 19.1. The molecule has 0 atom stereocenters. The number of halogens is 1. The van der Waals surface area contributed by atoms with Crippen molar-refractivity contribution in [2.45, 2.75) is 20.5 Å². The maximum Gasteiger partial charge on any atom is 0.329 e. The summed E-state index contributed by atoms with van der Waals surface area (Å²) in [6.07, 6.45) is 1.42. The molecule has 0 radical (unpaired) electrons. The Morgan fingerprint density at radius 2 is 1.58 bits per heavy atom. The second-order valence-electron chi connectivity index (χ2n) is 7.01. The Bertz CT molecular complexity index is 1070. The predicted molar refractivity (Wildman–Crippen MR) is 117 cm³/mol. The first-order valence-electron chi connectivity index (χ1n) is 9.59. The summed E-state index contributed by atoms with van der Waals surface area (Å²) in [5.41, 5.74) is 6.29. The van der Waals surface area contributed by atoms with E-state index in [0.717, 1.165) is 16.7 Å². The van der Waals surface area contributed by atoms with Gasteiger partial charge in [-0.1, -0.05) is 18.2 Å². The summed E-state index contributed by atoms with van der Waals surface area (Å²) in [4.78, 5) is 23.9. The van der Waals surface area contributed by atoms with Gasteiger partial charge < -0.3 is 10.1 Å². The number of ether oxygens (including phenoxy) is 1. The molecule has 0 bridgehead atoms. The van der Waals surface area contributed by atoms with E-state index in [1.165, 1.54) is 18.3 Å². The van der Waals surface area contributed by atoms with Gasteiger partial charge in [-0.3, -0.25) is 9.59 Å². The number of carbonyl (C=O) groups is 2. The second kappa shape index (κ2) is 10.2. The zero-order chi connectivity index (χ0) is 22.2. The molecule has 2 amide bonds. The van der Waals surface area contributed by atoms with Gasteiger partial charge in [0.25, 0.3) is 0 Å². The number of hydrogen-bond donors (Lipinski definition) is 2. The summed E-state index contributed by atoms with van der Waals surface area (Å²) in [5, 5.41) is 6.36. The molecule has 0 saturated carbocycles. The molecular formula is C24H22FN3O3. The summed E-state index contributed by atoms with van der Waals surface area (Å²) in [5.74, 6) is -1.32. The Morgan fingerprint density at radius 3 is 2.23 bits per heavy atom. The number of anilines is 1. The Kier molecular flexibility index (Phi) is 7.11. The Labute approximate surface area is 179 Å². The second-order valence-corrected chi connectivity index (χ2v) is 7.01. The van der Waals surface area contributed by atoms with Crippen molar-refractivity contribution in [1.82, 2.24) is 5.43 Å². The molecule has 0 unspecified atom stereocenters. The predicted octanol–water partition coefficient (Wildman–Crippen LogP) is 4.11. The van der Waals surface area contributed by atoms with E-state index in [1.807, 2.05) is 19.9 Å². The Balaban J connectivity index is 1.47. The van der Waals surface area contributed by atoms with E-state index < -0.39 is 11.8 Å². The number of amides is 2. The van der Waals surface area contributed by atoms with Gasteiger partial charge in [-0.2, -0.15) is 5.10 Å². The Hall–Kier alpha value is -4.00. The van der Waals surface area contributed by atoms with Gasteiger partial charge in [0, 0.05) is 5.69 Å². The van der Waals surface area contributed by atoms with E-state index in [4.69, 9.17) is 4.74 Å². The number of benzene rings is 3. The van der Waals surface area contributed by atoms with E-state index in [0.29, 0.717) is 23.6 Å². The molecule has 3 rings (SSSR count). The molecule has 0 aromatic heterocycles. The third-order valence-electron chi connectivity index (χ3n) is 4.26. The number of carbonyl (C=O) groups excluding carboxylic acids is 2.